The molecule has 1 amide bonds. The Labute approximate surface area is 175 Å². The molecule has 0 fully saturated rings. The van der Waals surface area contributed by atoms with Crippen LogP contribution in [0.2, 0.25) is 5.02 Å². The van der Waals surface area contributed by atoms with Crippen LogP contribution in [0, 0.1) is 0 Å². The van der Waals surface area contributed by atoms with Crippen LogP contribution in [0.5, 0.6) is 17.2 Å². The molecule has 0 aliphatic rings. The molecular weight excluding hydrogens is 420 g/mol. The molecule has 2 rings (SSSR count). The van der Waals surface area contributed by atoms with E-state index in [0.29, 0.717) is 34.6 Å². The normalized spacial score (nSPS) is 12.2. The third-order valence-electron chi connectivity index (χ3n) is 3.90. The highest BCUT2D eigenvalue weighted by Gasteiger charge is 2.23. The predicted octanol–water partition coefficient (Wildman–Crippen LogP) is 3.06. The monoisotopic (exact) mass is 442 g/mol. The number of benzene rings is 2. The average Bonchev–Trinajstić information content (AvgIpc) is 2.69. The summed E-state index contributed by atoms with van der Waals surface area (Å²) in [6.07, 6.45) is 0. The fourth-order valence-electron chi connectivity index (χ4n) is 2.44. The molecule has 2 N–H and O–H groups in total. The molecule has 0 heterocycles. The third-order valence-corrected chi connectivity index (χ3v) is 5.75. The Bertz CT molecular complexity index is 963. The van der Waals surface area contributed by atoms with Gasteiger partial charge in [0.05, 0.1) is 42.5 Å². The number of ether oxygens (including phenoxy) is 3. The van der Waals surface area contributed by atoms with Crippen molar-refractivity contribution in [2.45, 2.75) is 24.8 Å². The Balaban J connectivity index is 2.14. The number of hydrogen-bond acceptors (Lipinski definition) is 6. The first-order chi connectivity index (χ1) is 13.7. The van der Waals surface area contributed by atoms with Crippen LogP contribution in [-0.2, 0) is 14.8 Å². The average molecular weight is 443 g/mol. The van der Waals surface area contributed by atoms with Crippen molar-refractivity contribution in [2.24, 2.45) is 0 Å². The van der Waals surface area contributed by atoms with Crippen molar-refractivity contribution in [3.63, 3.8) is 0 Å². The zero-order chi connectivity index (χ0) is 21.6. The molecule has 1 atom stereocenters. The Kier molecular flexibility index (Phi) is 7.72. The summed E-state index contributed by atoms with van der Waals surface area (Å²) >= 11 is 6.05. The highest BCUT2D eigenvalue weighted by atomic mass is 35.5. The van der Waals surface area contributed by atoms with Crippen molar-refractivity contribution in [3.8, 4) is 17.2 Å². The topological polar surface area (TPSA) is 103 Å². The van der Waals surface area contributed by atoms with E-state index in [1.54, 1.807) is 12.1 Å². The number of halogens is 1. The highest BCUT2D eigenvalue weighted by Crippen LogP contribution is 2.35. The number of anilines is 1. The van der Waals surface area contributed by atoms with Crippen LogP contribution in [0.15, 0.2) is 41.3 Å². The number of hydrogen-bond donors (Lipinski definition) is 2. The van der Waals surface area contributed by atoms with E-state index >= 15 is 0 Å². The Morgan fingerprint density at radius 1 is 1.10 bits per heavy atom. The third kappa shape index (κ3) is 5.75. The molecule has 2 aromatic carbocycles. The van der Waals surface area contributed by atoms with Crippen LogP contribution in [0.3, 0.4) is 0 Å². The molecule has 0 aliphatic carbocycles. The van der Waals surface area contributed by atoms with E-state index in [9.17, 15) is 13.2 Å². The van der Waals surface area contributed by atoms with E-state index in [0.717, 1.165) is 0 Å². The smallest absolute Gasteiger partial charge is 0.242 e. The standard InChI is InChI=1S/C19H23ClN2O6S/c1-5-28-13-6-8-14(9-7-13)29(24,25)22-12(2)19(23)21-16-11-17(26-3)15(20)10-18(16)27-4/h6-12,22H,5H2,1-4H3,(H,21,23)/t12-/m1/s1. The zero-order valence-electron chi connectivity index (χ0n) is 16.5. The second-order valence-electron chi connectivity index (χ2n) is 5.92. The van der Waals surface area contributed by atoms with Crippen LogP contribution < -0.4 is 24.2 Å². The summed E-state index contributed by atoms with van der Waals surface area (Å²) in [5, 5.41) is 2.93. The second kappa shape index (κ2) is 9.82. The van der Waals surface area contributed by atoms with Gasteiger partial charge in [-0.05, 0) is 38.1 Å². The van der Waals surface area contributed by atoms with Crippen LogP contribution >= 0.6 is 11.6 Å². The van der Waals surface area contributed by atoms with Crippen molar-refractivity contribution in [3.05, 3.63) is 41.4 Å². The number of sulfonamides is 1. The van der Waals surface area contributed by atoms with Crippen LogP contribution in [0.25, 0.3) is 0 Å². The van der Waals surface area contributed by atoms with Gasteiger partial charge in [-0.3, -0.25) is 4.79 Å². The van der Waals surface area contributed by atoms with E-state index in [1.807, 2.05) is 6.92 Å². The summed E-state index contributed by atoms with van der Waals surface area (Å²) in [4.78, 5) is 12.5. The first kappa shape index (κ1) is 22.8. The molecule has 2 aromatic rings. The SMILES string of the molecule is CCOc1ccc(S(=O)(=O)N[C@H](C)C(=O)Nc2cc(OC)c(Cl)cc2OC)cc1. The van der Waals surface area contributed by atoms with E-state index in [2.05, 4.69) is 10.0 Å². The Morgan fingerprint density at radius 3 is 2.28 bits per heavy atom. The van der Waals surface area contributed by atoms with Crippen molar-refractivity contribution in [1.82, 2.24) is 4.72 Å². The van der Waals surface area contributed by atoms with Crippen molar-refractivity contribution in [2.75, 3.05) is 26.1 Å². The molecule has 10 heteroatoms. The predicted molar refractivity (Wildman–Crippen MR) is 111 cm³/mol. The zero-order valence-corrected chi connectivity index (χ0v) is 18.1. The van der Waals surface area contributed by atoms with Gasteiger partial charge in [-0.1, -0.05) is 11.6 Å². The van der Waals surface area contributed by atoms with Gasteiger partial charge in [0.2, 0.25) is 15.9 Å². The number of rotatable bonds is 9. The lowest BCUT2D eigenvalue weighted by atomic mass is 10.2. The summed E-state index contributed by atoms with van der Waals surface area (Å²) in [7, 11) is -1.05. The first-order valence-corrected chi connectivity index (χ1v) is 10.6. The quantitative estimate of drug-likeness (QED) is 0.618. The Hall–Kier alpha value is -2.49. The number of methoxy groups -OCH3 is 2. The fraction of sp³-hybridized carbons (Fsp3) is 0.316. The largest absolute Gasteiger partial charge is 0.495 e. The second-order valence-corrected chi connectivity index (χ2v) is 8.04. The molecular formula is C19H23ClN2O6S. The molecule has 0 aromatic heterocycles. The van der Waals surface area contributed by atoms with E-state index in [-0.39, 0.29) is 4.90 Å². The van der Waals surface area contributed by atoms with Gasteiger partial charge >= 0.3 is 0 Å². The summed E-state index contributed by atoms with van der Waals surface area (Å²) < 4.78 is 43.1. The van der Waals surface area contributed by atoms with Crippen LogP contribution in [0.4, 0.5) is 5.69 Å². The molecule has 8 nitrogen and oxygen atoms in total. The first-order valence-electron chi connectivity index (χ1n) is 8.69. The van der Waals surface area contributed by atoms with E-state index < -0.39 is 22.0 Å². The van der Waals surface area contributed by atoms with Crippen molar-refractivity contribution < 1.29 is 27.4 Å². The number of amides is 1. The lowest BCUT2D eigenvalue weighted by Crippen LogP contribution is -2.41. The molecule has 0 aliphatic heterocycles. The molecule has 0 spiro atoms. The molecule has 0 bridgehead atoms. The van der Waals surface area contributed by atoms with Gasteiger partial charge in [0.25, 0.3) is 0 Å². The minimum Gasteiger partial charge on any atom is -0.495 e. The van der Waals surface area contributed by atoms with Gasteiger partial charge in [-0.15, -0.1) is 0 Å². The van der Waals surface area contributed by atoms with Gasteiger partial charge in [0, 0.05) is 12.1 Å². The minimum absolute atomic E-state index is 0.0198. The van der Waals surface area contributed by atoms with E-state index in [1.165, 1.54) is 45.4 Å². The maximum Gasteiger partial charge on any atom is 0.242 e. The lowest BCUT2D eigenvalue weighted by molar-refractivity contribution is -0.117. The van der Waals surface area contributed by atoms with E-state index in [4.69, 9.17) is 25.8 Å². The lowest BCUT2D eigenvalue weighted by Gasteiger charge is -2.17. The van der Waals surface area contributed by atoms with Gasteiger partial charge in [-0.2, -0.15) is 4.72 Å². The molecule has 0 saturated carbocycles. The van der Waals surface area contributed by atoms with Crippen LogP contribution in [0.1, 0.15) is 13.8 Å². The molecule has 158 valence electrons. The van der Waals surface area contributed by atoms with Gasteiger partial charge in [-0.25, -0.2) is 8.42 Å². The number of carbonyl (C=O) groups is 1. The Morgan fingerprint density at radius 2 is 1.72 bits per heavy atom. The maximum absolute atomic E-state index is 12.5. The van der Waals surface area contributed by atoms with Crippen LogP contribution in [-0.4, -0.2) is 41.2 Å². The molecule has 29 heavy (non-hydrogen) atoms. The molecule has 0 saturated heterocycles. The molecule has 0 radical (unpaired) electrons. The summed E-state index contributed by atoms with van der Waals surface area (Å²) in [6.45, 7) is 3.74. The minimum atomic E-state index is -3.91. The van der Waals surface area contributed by atoms with Gasteiger partial charge < -0.3 is 19.5 Å². The molecule has 0 unspecified atom stereocenters. The summed E-state index contributed by atoms with van der Waals surface area (Å²) in [6, 6.07) is 7.84. The fourth-order valence-corrected chi connectivity index (χ4v) is 3.87. The maximum atomic E-state index is 12.5. The summed E-state index contributed by atoms with van der Waals surface area (Å²) in [5.74, 6) is 0.624. The van der Waals surface area contributed by atoms with Gasteiger partial charge in [0.15, 0.2) is 0 Å². The van der Waals surface area contributed by atoms with Crippen molar-refractivity contribution >= 4 is 33.2 Å². The van der Waals surface area contributed by atoms with Crippen molar-refractivity contribution in [1.29, 1.82) is 0 Å². The highest BCUT2D eigenvalue weighted by molar-refractivity contribution is 7.89. The number of carbonyl (C=O) groups excluding carboxylic acids is 1. The number of nitrogens with one attached hydrogen (secondary N) is 2. The van der Waals surface area contributed by atoms with Gasteiger partial charge in [0.1, 0.15) is 17.2 Å². The summed E-state index contributed by atoms with van der Waals surface area (Å²) in [5.41, 5.74) is 0.297.